The Morgan fingerprint density at radius 1 is 0.929 bits per heavy atom. The van der Waals surface area contributed by atoms with Gasteiger partial charge in [-0.3, -0.25) is 9.59 Å². The molecular weight excluding hydrogens is 350 g/mol. The number of fused-ring (bicyclic) bond motifs is 1. The van der Waals surface area contributed by atoms with Gasteiger partial charge in [-0.05, 0) is 35.7 Å². The Morgan fingerprint density at radius 3 is 2.46 bits per heavy atom. The minimum atomic E-state index is -0.326. The van der Waals surface area contributed by atoms with Gasteiger partial charge in [-0.2, -0.15) is 5.10 Å². The smallest absolute Gasteiger partial charge is 0.272 e. The van der Waals surface area contributed by atoms with E-state index in [-0.39, 0.29) is 17.2 Å². The van der Waals surface area contributed by atoms with E-state index in [0.29, 0.717) is 17.3 Å². The van der Waals surface area contributed by atoms with Crippen LogP contribution in [0.5, 0.6) is 0 Å². The molecule has 4 rings (SSSR count). The summed E-state index contributed by atoms with van der Waals surface area (Å²) in [6.07, 6.45) is 0. The normalized spacial score (nSPS) is 10.8. The number of aromatic amines is 1. The molecule has 0 aliphatic heterocycles. The summed E-state index contributed by atoms with van der Waals surface area (Å²) in [4.78, 5) is 24.5. The highest BCUT2D eigenvalue weighted by molar-refractivity contribution is 6.04. The third kappa shape index (κ3) is 3.55. The van der Waals surface area contributed by atoms with E-state index in [4.69, 9.17) is 0 Å². The van der Waals surface area contributed by atoms with Crippen LogP contribution in [0.25, 0.3) is 21.9 Å². The number of nitrogens with one attached hydrogen (secondary N) is 2. The van der Waals surface area contributed by atoms with Gasteiger partial charge in [0.2, 0.25) is 0 Å². The highest BCUT2D eigenvalue weighted by Crippen LogP contribution is 2.21. The molecule has 2 N–H and O–H groups in total. The predicted octanol–water partition coefficient (Wildman–Crippen LogP) is 3.83. The van der Waals surface area contributed by atoms with Crippen LogP contribution in [0.2, 0.25) is 0 Å². The molecule has 0 radical (unpaired) electrons. The zero-order chi connectivity index (χ0) is 19.5. The van der Waals surface area contributed by atoms with Crippen LogP contribution in [-0.2, 0) is 6.54 Å². The standard InChI is InChI=1S/C23H19N3O2/c1-15-9-11-17(12-10-15)18-6-4-5-16(13-18)14-24-23(28)21-19-7-2-3-8-20(19)22(27)26-25-21/h2-13H,14H2,1H3,(H,24,28)(H,26,27). The Bertz CT molecular complexity index is 1210. The molecule has 1 heterocycles. The summed E-state index contributed by atoms with van der Waals surface area (Å²) in [7, 11) is 0. The summed E-state index contributed by atoms with van der Waals surface area (Å²) in [6, 6.07) is 23.3. The molecule has 0 aliphatic rings. The Kier molecular flexibility index (Phi) is 4.72. The second-order valence-corrected chi connectivity index (χ2v) is 6.70. The van der Waals surface area contributed by atoms with Crippen LogP contribution in [-0.4, -0.2) is 16.1 Å². The monoisotopic (exact) mass is 369 g/mol. The number of aromatic nitrogens is 2. The van der Waals surface area contributed by atoms with E-state index in [9.17, 15) is 9.59 Å². The minimum Gasteiger partial charge on any atom is -0.347 e. The van der Waals surface area contributed by atoms with Crippen molar-refractivity contribution in [2.75, 3.05) is 0 Å². The van der Waals surface area contributed by atoms with E-state index in [2.05, 4.69) is 52.8 Å². The molecule has 0 unspecified atom stereocenters. The van der Waals surface area contributed by atoms with Crippen molar-refractivity contribution in [2.45, 2.75) is 13.5 Å². The first-order chi connectivity index (χ1) is 13.6. The topological polar surface area (TPSA) is 74.8 Å². The van der Waals surface area contributed by atoms with Crippen LogP contribution >= 0.6 is 0 Å². The number of nitrogens with zero attached hydrogens (tertiary/aromatic N) is 1. The van der Waals surface area contributed by atoms with Gasteiger partial charge in [-0.1, -0.05) is 66.2 Å². The fourth-order valence-electron chi connectivity index (χ4n) is 3.16. The number of benzene rings is 3. The molecular formula is C23H19N3O2. The van der Waals surface area contributed by atoms with Crippen LogP contribution in [0.1, 0.15) is 21.6 Å². The Morgan fingerprint density at radius 2 is 1.68 bits per heavy atom. The highest BCUT2D eigenvalue weighted by atomic mass is 16.2. The Labute approximate surface area is 162 Å². The molecule has 0 bridgehead atoms. The Balaban J connectivity index is 1.55. The third-order valence-electron chi connectivity index (χ3n) is 4.68. The second-order valence-electron chi connectivity index (χ2n) is 6.70. The van der Waals surface area contributed by atoms with Crippen LogP contribution in [0.3, 0.4) is 0 Å². The van der Waals surface area contributed by atoms with E-state index in [1.807, 2.05) is 18.2 Å². The summed E-state index contributed by atoms with van der Waals surface area (Å²) in [5.41, 5.74) is 4.34. The zero-order valence-electron chi connectivity index (χ0n) is 15.4. The molecule has 0 saturated carbocycles. The largest absolute Gasteiger partial charge is 0.347 e. The van der Waals surface area contributed by atoms with Crippen molar-refractivity contribution in [3.8, 4) is 11.1 Å². The number of hydrogen-bond acceptors (Lipinski definition) is 3. The highest BCUT2D eigenvalue weighted by Gasteiger charge is 2.13. The van der Waals surface area contributed by atoms with Gasteiger partial charge in [-0.25, -0.2) is 5.10 Å². The summed E-state index contributed by atoms with van der Waals surface area (Å²) in [5, 5.41) is 10.2. The number of H-pyrrole nitrogens is 1. The lowest BCUT2D eigenvalue weighted by Gasteiger charge is -2.09. The second kappa shape index (κ2) is 7.48. The van der Waals surface area contributed by atoms with Gasteiger partial charge >= 0.3 is 0 Å². The number of hydrogen-bond donors (Lipinski definition) is 2. The van der Waals surface area contributed by atoms with E-state index in [1.165, 1.54) is 5.56 Å². The van der Waals surface area contributed by atoms with E-state index < -0.39 is 0 Å². The number of carbonyl (C=O) groups excluding carboxylic acids is 1. The lowest BCUT2D eigenvalue weighted by Crippen LogP contribution is -2.26. The van der Waals surface area contributed by atoms with Gasteiger partial charge in [0.15, 0.2) is 5.69 Å². The molecule has 5 nitrogen and oxygen atoms in total. The summed E-state index contributed by atoms with van der Waals surface area (Å²) in [5.74, 6) is -0.326. The first kappa shape index (κ1) is 17.7. The van der Waals surface area contributed by atoms with Crippen molar-refractivity contribution in [1.82, 2.24) is 15.5 Å². The fourth-order valence-corrected chi connectivity index (χ4v) is 3.16. The average Bonchev–Trinajstić information content (AvgIpc) is 2.73. The molecule has 5 heteroatoms. The lowest BCUT2D eigenvalue weighted by atomic mass is 10.0. The number of aryl methyl sites for hydroxylation is 1. The van der Waals surface area contributed by atoms with Gasteiger partial charge in [0, 0.05) is 11.9 Å². The third-order valence-corrected chi connectivity index (χ3v) is 4.68. The van der Waals surface area contributed by atoms with Crippen molar-refractivity contribution in [2.24, 2.45) is 0 Å². The van der Waals surface area contributed by atoms with E-state index >= 15 is 0 Å². The van der Waals surface area contributed by atoms with Crippen molar-refractivity contribution in [3.05, 3.63) is 100.0 Å². The van der Waals surface area contributed by atoms with Gasteiger partial charge in [-0.15, -0.1) is 0 Å². The summed E-state index contributed by atoms with van der Waals surface area (Å²) < 4.78 is 0. The van der Waals surface area contributed by atoms with Crippen molar-refractivity contribution in [1.29, 1.82) is 0 Å². The van der Waals surface area contributed by atoms with Gasteiger partial charge < -0.3 is 5.32 Å². The molecule has 4 aromatic rings. The Hall–Kier alpha value is -3.73. The predicted molar refractivity (Wildman–Crippen MR) is 110 cm³/mol. The number of carbonyl (C=O) groups is 1. The molecule has 28 heavy (non-hydrogen) atoms. The van der Waals surface area contributed by atoms with Crippen LogP contribution in [0.15, 0.2) is 77.6 Å². The SMILES string of the molecule is Cc1ccc(-c2cccc(CNC(=O)c3n[nH]c(=O)c4ccccc34)c2)cc1. The number of amides is 1. The molecule has 0 fully saturated rings. The molecule has 138 valence electrons. The van der Waals surface area contributed by atoms with Gasteiger partial charge in [0.05, 0.1) is 5.39 Å². The lowest BCUT2D eigenvalue weighted by molar-refractivity contribution is 0.0946. The molecule has 0 aliphatic carbocycles. The first-order valence-corrected chi connectivity index (χ1v) is 9.03. The average molecular weight is 369 g/mol. The van der Waals surface area contributed by atoms with E-state index in [1.54, 1.807) is 24.3 Å². The molecule has 1 amide bonds. The van der Waals surface area contributed by atoms with Crippen LogP contribution in [0, 0.1) is 6.92 Å². The van der Waals surface area contributed by atoms with Crippen LogP contribution < -0.4 is 10.9 Å². The van der Waals surface area contributed by atoms with Crippen molar-refractivity contribution in [3.63, 3.8) is 0 Å². The first-order valence-electron chi connectivity index (χ1n) is 9.03. The molecule has 0 spiro atoms. The van der Waals surface area contributed by atoms with E-state index in [0.717, 1.165) is 16.7 Å². The maximum atomic E-state index is 12.6. The molecule has 3 aromatic carbocycles. The maximum Gasteiger partial charge on any atom is 0.272 e. The molecule has 0 saturated heterocycles. The maximum absolute atomic E-state index is 12.6. The fraction of sp³-hybridized carbons (Fsp3) is 0.0870. The molecule has 1 aromatic heterocycles. The summed E-state index contributed by atoms with van der Waals surface area (Å²) in [6.45, 7) is 2.43. The van der Waals surface area contributed by atoms with Crippen molar-refractivity contribution < 1.29 is 4.79 Å². The van der Waals surface area contributed by atoms with Crippen LogP contribution in [0.4, 0.5) is 0 Å². The minimum absolute atomic E-state index is 0.213. The quantitative estimate of drug-likeness (QED) is 0.574. The van der Waals surface area contributed by atoms with Gasteiger partial charge in [0.25, 0.3) is 11.5 Å². The summed E-state index contributed by atoms with van der Waals surface area (Å²) >= 11 is 0. The molecule has 0 atom stereocenters. The van der Waals surface area contributed by atoms with Gasteiger partial charge in [0.1, 0.15) is 0 Å². The zero-order valence-corrected chi connectivity index (χ0v) is 15.4. The number of rotatable bonds is 4. The van der Waals surface area contributed by atoms with Crippen molar-refractivity contribution >= 4 is 16.7 Å².